The van der Waals surface area contributed by atoms with Crippen LogP contribution in [0, 0.1) is 0 Å². The number of nitrogens with two attached hydrogens (primary N) is 1. The minimum absolute atomic E-state index is 0.717. The standard InChI is InChI=1S/C5H11IN4O/c6-8-5(9-7)10-1-3-11-4-2-10/h1-4,7H2,(H,8,9). The number of nitrogens with one attached hydrogen (secondary N) is 1. The third kappa shape index (κ3) is 2.46. The summed E-state index contributed by atoms with van der Waals surface area (Å²) in [4.78, 5) is 2.05. The number of halogens is 1. The zero-order valence-corrected chi connectivity index (χ0v) is 8.24. The third-order valence-electron chi connectivity index (χ3n) is 1.52. The molecule has 1 fully saturated rings. The van der Waals surface area contributed by atoms with E-state index < -0.39 is 0 Å². The van der Waals surface area contributed by atoms with Crippen molar-refractivity contribution in [2.75, 3.05) is 26.3 Å². The van der Waals surface area contributed by atoms with Crippen molar-refractivity contribution in [3.63, 3.8) is 0 Å². The van der Waals surface area contributed by atoms with Crippen molar-refractivity contribution in [1.82, 2.24) is 10.3 Å². The molecule has 1 aliphatic rings. The first-order valence-corrected chi connectivity index (χ1v) is 4.33. The summed E-state index contributed by atoms with van der Waals surface area (Å²) in [5, 5.41) is 0. The number of guanidine groups is 1. The van der Waals surface area contributed by atoms with Gasteiger partial charge in [0.15, 0.2) is 0 Å². The molecule has 0 radical (unpaired) electrons. The summed E-state index contributed by atoms with van der Waals surface area (Å²) in [6.07, 6.45) is 0. The molecule has 0 aromatic rings. The Morgan fingerprint density at radius 1 is 1.55 bits per heavy atom. The molecule has 1 saturated heterocycles. The summed E-state index contributed by atoms with van der Waals surface area (Å²) in [7, 11) is 0. The highest BCUT2D eigenvalue weighted by Crippen LogP contribution is 1.98. The summed E-state index contributed by atoms with van der Waals surface area (Å²) in [6, 6.07) is 0. The molecule has 64 valence electrons. The van der Waals surface area contributed by atoms with Crippen LogP contribution in [0.3, 0.4) is 0 Å². The molecule has 1 rings (SSSR count). The highest BCUT2D eigenvalue weighted by Gasteiger charge is 2.13. The van der Waals surface area contributed by atoms with Gasteiger partial charge in [0.2, 0.25) is 5.96 Å². The van der Waals surface area contributed by atoms with Crippen molar-refractivity contribution >= 4 is 28.8 Å². The van der Waals surface area contributed by atoms with Crippen LogP contribution in [0.5, 0.6) is 0 Å². The fourth-order valence-electron chi connectivity index (χ4n) is 0.944. The van der Waals surface area contributed by atoms with Gasteiger partial charge in [-0.25, -0.2) is 5.84 Å². The van der Waals surface area contributed by atoms with Gasteiger partial charge in [-0.1, -0.05) is 0 Å². The number of hydrogen-bond acceptors (Lipinski definition) is 3. The number of morpholine rings is 1. The Morgan fingerprint density at radius 2 is 2.18 bits per heavy atom. The third-order valence-corrected chi connectivity index (χ3v) is 1.98. The fourth-order valence-corrected chi connectivity index (χ4v) is 1.39. The molecule has 0 aromatic carbocycles. The predicted molar refractivity (Wildman–Crippen MR) is 51.2 cm³/mol. The largest absolute Gasteiger partial charge is 0.378 e. The Hall–Kier alpha value is -0.0800. The van der Waals surface area contributed by atoms with Crippen LogP contribution in [-0.2, 0) is 4.74 Å². The van der Waals surface area contributed by atoms with E-state index in [-0.39, 0.29) is 0 Å². The van der Waals surface area contributed by atoms with Gasteiger partial charge >= 0.3 is 0 Å². The average Bonchev–Trinajstić information content (AvgIpc) is 2.09. The van der Waals surface area contributed by atoms with Gasteiger partial charge in [-0.15, -0.1) is 0 Å². The van der Waals surface area contributed by atoms with E-state index in [1.54, 1.807) is 0 Å². The molecule has 0 bridgehead atoms. The molecule has 3 N–H and O–H groups in total. The fraction of sp³-hybridized carbons (Fsp3) is 0.800. The summed E-state index contributed by atoms with van der Waals surface area (Å²) >= 11 is 1.91. The topological polar surface area (TPSA) is 62.9 Å². The lowest BCUT2D eigenvalue weighted by atomic mass is 10.4. The van der Waals surface area contributed by atoms with Crippen molar-refractivity contribution in [2.24, 2.45) is 9.05 Å². The van der Waals surface area contributed by atoms with Crippen LogP contribution >= 0.6 is 22.9 Å². The molecule has 11 heavy (non-hydrogen) atoms. The van der Waals surface area contributed by atoms with Gasteiger partial charge in [-0.05, 0) is 0 Å². The van der Waals surface area contributed by atoms with E-state index in [0.717, 1.165) is 26.3 Å². The summed E-state index contributed by atoms with van der Waals surface area (Å²) < 4.78 is 9.12. The lowest BCUT2D eigenvalue weighted by Crippen LogP contribution is -2.49. The first-order chi connectivity index (χ1) is 5.38. The molecule has 0 saturated carbocycles. The minimum Gasteiger partial charge on any atom is -0.378 e. The number of nitrogens with zero attached hydrogens (tertiary/aromatic N) is 2. The lowest BCUT2D eigenvalue weighted by Gasteiger charge is -2.28. The maximum Gasteiger partial charge on any atom is 0.218 e. The highest BCUT2D eigenvalue weighted by atomic mass is 127. The zero-order valence-electron chi connectivity index (χ0n) is 6.09. The molecule has 0 spiro atoms. The maximum atomic E-state index is 5.25. The van der Waals surface area contributed by atoms with Gasteiger partial charge in [-0.3, -0.25) is 5.43 Å². The monoisotopic (exact) mass is 270 g/mol. The Kier molecular flexibility index (Phi) is 3.87. The number of hydrazine groups is 1. The van der Waals surface area contributed by atoms with Crippen molar-refractivity contribution in [3.05, 3.63) is 0 Å². The second-order valence-corrected chi connectivity index (χ2v) is 2.63. The van der Waals surface area contributed by atoms with Crippen LogP contribution in [-0.4, -0.2) is 37.2 Å². The first kappa shape index (κ1) is 9.01. The van der Waals surface area contributed by atoms with E-state index in [2.05, 4.69) is 13.5 Å². The Labute approximate surface area is 79.4 Å². The normalized spacial score (nSPS) is 20.2. The van der Waals surface area contributed by atoms with Gasteiger partial charge in [0, 0.05) is 13.1 Å². The van der Waals surface area contributed by atoms with E-state index in [1.165, 1.54) is 0 Å². The van der Waals surface area contributed by atoms with Crippen molar-refractivity contribution in [1.29, 1.82) is 0 Å². The molecule has 0 amide bonds. The van der Waals surface area contributed by atoms with Gasteiger partial charge in [0.1, 0.15) is 0 Å². The van der Waals surface area contributed by atoms with Crippen molar-refractivity contribution in [3.8, 4) is 0 Å². The second kappa shape index (κ2) is 4.73. The smallest absolute Gasteiger partial charge is 0.218 e. The minimum atomic E-state index is 0.717. The zero-order chi connectivity index (χ0) is 8.10. The molecular formula is C5H11IN4O. The van der Waals surface area contributed by atoms with Gasteiger partial charge in [0.05, 0.1) is 36.1 Å². The molecule has 1 aliphatic heterocycles. The van der Waals surface area contributed by atoms with Crippen molar-refractivity contribution < 1.29 is 4.74 Å². The van der Waals surface area contributed by atoms with Crippen LogP contribution < -0.4 is 11.3 Å². The molecule has 0 atom stereocenters. The highest BCUT2D eigenvalue weighted by molar-refractivity contribution is 14.1. The van der Waals surface area contributed by atoms with Crippen LogP contribution in [0.2, 0.25) is 0 Å². The molecule has 0 unspecified atom stereocenters. The Morgan fingerprint density at radius 3 is 2.64 bits per heavy atom. The van der Waals surface area contributed by atoms with E-state index in [9.17, 15) is 0 Å². The Bertz CT molecular complexity index is 145. The molecule has 0 aliphatic carbocycles. The number of hydrogen-bond donors (Lipinski definition) is 2. The molecular weight excluding hydrogens is 259 g/mol. The van der Waals surface area contributed by atoms with Gasteiger partial charge in [-0.2, -0.15) is 3.21 Å². The average molecular weight is 270 g/mol. The summed E-state index contributed by atoms with van der Waals surface area (Å²) in [5.74, 6) is 5.96. The SMILES string of the molecule is NN/C(=N\I)N1CCOCC1. The predicted octanol–water partition coefficient (Wildman–Crippen LogP) is -0.512. The van der Waals surface area contributed by atoms with Crippen molar-refractivity contribution in [2.45, 2.75) is 0 Å². The number of rotatable bonds is 0. The van der Waals surface area contributed by atoms with Gasteiger partial charge in [0.25, 0.3) is 0 Å². The molecule has 1 heterocycles. The quantitative estimate of drug-likeness (QED) is 0.204. The van der Waals surface area contributed by atoms with E-state index in [0.29, 0.717) is 5.96 Å². The van der Waals surface area contributed by atoms with Crippen LogP contribution in [0.25, 0.3) is 0 Å². The van der Waals surface area contributed by atoms with Gasteiger partial charge < -0.3 is 9.64 Å². The van der Waals surface area contributed by atoms with Crippen LogP contribution in [0.4, 0.5) is 0 Å². The molecule has 6 heteroatoms. The first-order valence-electron chi connectivity index (χ1n) is 3.36. The summed E-state index contributed by atoms with van der Waals surface area (Å²) in [5.41, 5.74) is 2.53. The molecule has 0 aromatic heterocycles. The lowest BCUT2D eigenvalue weighted by molar-refractivity contribution is 0.0667. The van der Waals surface area contributed by atoms with E-state index in [1.807, 2.05) is 22.9 Å². The second-order valence-electron chi connectivity index (χ2n) is 2.15. The number of ether oxygens (including phenoxy) is 1. The Balaban J connectivity index is 2.43. The van der Waals surface area contributed by atoms with E-state index >= 15 is 0 Å². The maximum absolute atomic E-state index is 5.25. The van der Waals surface area contributed by atoms with E-state index in [4.69, 9.17) is 10.6 Å². The summed E-state index contributed by atoms with van der Waals surface area (Å²) in [6.45, 7) is 3.20. The van der Waals surface area contributed by atoms with Crippen LogP contribution in [0.15, 0.2) is 3.21 Å². The molecule has 5 nitrogen and oxygen atoms in total. The van der Waals surface area contributed by atoms with Crippen LogP contribution in [0.1, 0.15) is 0 Å².